The average molecular weight is 301 g/mol. The van der Waals surface area contributed by atoms with Crippen molar-refractivity contribution in [2.45, 2.75) is 13.0 Å². The van der Waals surface area contributed by atoms with Crippen molar-refractivity contribution in [3.8, 4) is 0 Å². The lowest BCUT2D eigenvalue weighted by atomic mass is 10.1. The molecule has 1 aromatic heterocycles. The van der Waals surface area contributed by atoms with Crippen molar-refractivity contribution in [2.75, 3.05) is 6.54 Å². The summed E-state index contributed by atoms with van der Waals surface area (Å²) in [7, 11) is 0. The molecule has 3 aromatic carbocycles. The molecule has 4 rings (SSSR count). The lowest BCUT2D eigenvalue weighted by Gasteiger charge is -2.04. The average Bonchev–Trinajstić information content (AvgIpc) is 3.02. The number of H-pyrrole nitrogens is 1. The Balaban J connectivity index is 1.37. The molecular formula is C21H21N2+. The molecule has 2 nitrogen and oxygen atoms in total. The summed E-state index contributed by atoms with van der Waals surface area (Å²) in [6, 6.07) is 23.8. The van der Waals surface area contributed by atoms with E-state index in [1.807, 2.05) is 0 Å². The predicted molar refractivity (Wildman–Crippen MR) is 96.4 cm³/mol. The van der Waals surface area contributed by atoms with Crippen LogP contribution < -0.4 is 5.32 Å². The molecule has 0 fully saturated rings. The molecule has 0 unspecified atom stereocenters. The minimum Gasteiger partial charge on any atom is -0.361 e. The first kappa shape index (κ1) is 14.0. The van der Waals surface area contributed by atoms with Crippen LogP contribution in [0.15, 0.2) is 72.9 Å². The Bertz CT molecular complexity index is 937. The van der Waals surface area contributed by atoms with Gasteiger partial charge in [0.1, 0.15) is 6.54 Å². The third-order valence-electron chi connectivity index (χ3n) is 4.49. The molecule has 23 heavy (non-hydrogen) atoms. The molecule has 0 amide bonds. The van der Waals surface area contributed by atoms with E-state index in [0.29, 0.717) is 0 Å². The molecule has 1 heterocycles. The van der Waals surface area contributed by atoms with Gasteiger partial charge < -0.3 is 10.3 Å². The Morgan fingerprint density at radius 1 is 0.826 bits per heavy atom. The summed E-state index contributed by atoms with van der Waals surface area (Å²) in [5.74, 6) is 0. The Labute approximate surface area is 136 Å². The summed E-state index contributed by atoms with van der Waals surface area (Å²) in [5.41, 5.74) is 4.04. The summed E-state index contributed by atoms with van der Waals surface area (Å²) < 4.78 is 0. The quantitative estimate of drug-likeness (QED) is 0.528. The molecule has 2 heteroatoms. The predicted octanol–water partition coefficient (Wildman–Crippen LogP) is 3.63. The van der Waals surface area contributed by atoms with Gasteiger partial charge in [0, 0.05) is 29.1 Å². The summed E-state index contributed by atoms with van der Waals surface area (Å²) in [4.78, 5) is 3.35. The summed E-state index contributed by atoms with van der Waals surface area (Å²) >= 11 is 0. The highest BCUT2D eigenvalue weighted by Crippen LogP contribution is 2.17. The zero-order valence-electron chi connectivity index (χ0n) is 13.1. The number of fused-ring (bicyclic) bond motifs is 2. The van der Waals surface area contributed by atoms with E-state index < -0.39 is 0 Å². The van der Waals surface area contributed by atoms with Crippen LogP contribution in [0.1, 0.15) is 11.1 Å². The molecule has 4 aromatic rings. The lowest BCUT2D eigenvalue weighted by Crippen LogP contribution is -2.83. The van der Waals surface area contributed by atoms with Crippen molar-refractivity contribution in [3.63, 3.8) is 0 Å². The maximum atomic E-state index is 3.35. The molecule has 0 saturated heterocycles. The number of rotatable bonds is 5. The van der Waals surface area contributed by atoms with Gasteiger partial charge in [0.2, 0.25) is 0 Å². The van der Waals surface area contributed by atoms with Gasteiger partial charge in [-0.2, -0.15) is 0 Å². The Hall–Kier alpha value is -2.58. The van der Waals surface area contributed by atoms with Crippen molar-refractivity contribution in [1.29, 1.82) is 0 Å². The fourth-order valence-electron chi connectivity index (χ4n) is 3.23. The lowest BCUT2D eigenvalue weighted by molar-refractivity contribution is -0.670. The van der Waals surface area contributed by atoms with Crippen molar-refractivity contribution in [1.82, 2.24) is 4.98 Å². The highest BCUT2D eigenvalue weighted by Gasteiger charge is 2.04. The second kappa shape index (κ2) is 6.27. The second-order valence-corrected chi connectivity index (χ2v) is 6.07. The molecule has 0 bridgehead atoms. The molecular weight excluding hydrogens is 280 g/mol. The molecule has 114 valence electrons. The standard InChI is InChI=1S/C21H20N2/c1-2-6-18-13-16(9-10-17(18)5-1)14-22-12-11-19-15-23-21-8-4-3-7-20(19)21/h1-10,13,15,22-23H,11-12,14H2/p+1. The number of quaternary nitrogens is 1. The molecule has 0 spiro atoms. The molecule has 0 aliphatic rings. The van der Waals surface area contributed by atoms with Gasteiger partial charge in [-0.3, -0.25) is 0 Å². The molecule has 0 radical (unpaired) electrons. The topological polar surface area (TPSA) is 32.4 Å². The van der Waals surface area contributed by atoms with Gasteiger partial charge in [-0.15, -0.1) is 0 Å². The highest BCUT2D eigenvalue weighted by molar-refractivity contribution is 5.83. The number of benzene rings is 3. The van der Waals surface area contributed by atoms with E-state index in [0.717, 1.165) is 19.5 Å². The Morgan fingerprint density at radius 3 is 2.61 bits per heavy atom. The van der Waals surface area contributed by atoms with Gasteiger partial charge in [0.25, 0.3) is 0 Å². The van der Waals surface area contributed by atoms with E-state index >= 15 is 0 Å². The summed E-state index contributed by atoms with van der Waals surface area (Å²) in [6.45, 7) is 2.14. The zero-order chi connectivity index (χ0) is 15.5. The van der Waals surface area contributed by atoms with E-state index in [1.54, 1.807) is 0 Å². The number of nitrogens with one attached hydrogen (secondary N) is 1. The second-order valence-electron chi connectivity index (χ2n) is 6.07. The van der Waals surface area contributed by atoms with Gasteiger partial charge >= 0.3 is 0 Å². The van der Waals surface area contributed by atoms with Crippen LogP contribution in [0.5, 0.6) is 0 Å². The maximum absolute atomic E-state index is 3.35. The Morgan fingerprint density at radius 2 is 1.65 bits per heavy atom. The summed E-state index contributed by atoms with van der Waals surface area (Å²) in [5, 5.41) is 6.39. The Kier molecular flexibility index (Phi) is 3.83. The van der Waals surface area contributed by atoms with Crippen molar-refractivity contribution in [3.05, 3.63) is 84.1 Å². The number of hydrogen-bond donors (Lipinski definition) is 2. The number of para-hydroxylation sites is 1. The van der Waals surface area contributed by atoms with Crippen LogP contribution in [0, 0.1) is 0 Å². The third-order valence-corrected chi connectivity index (χ3v) is 4.49. The fourth-order valence-corrected chi connectivity index (χ4v) is 3.23. The van der Waals surface area contributed by atoms with Crippen LogP contribution in [0.4, 0.5) is 0 Å². The van der Waals surface area contributed by atoms with Gasteiger partial charge in [-0.1, -0.05) is 54.6 Å². The van der Waals surface area contributed by atoms with Crippen molar-refractivity contribution < 1.29 is 5.32 Å². The van der Waals surface area contributed by atoms with E-state index in [9.17, 15) is 0 Å². The van der Waals surface area contributed by atoms with Gasteiger partial charge in [-0.05, 0) is 28.5 Å². The number of hydrogen-bond acceptors (Lipinski definition) is 0. The first-order valence-corrected chi connectivity index (χ1v) is 8.24. The first-order valence-electron chi connectivity index (χ1n) is 8.24. The fraction of sp³-hybridized carbons (Fsp3) is 0.143. The van der Waals surface area contributed by atoms with Crippen molar-refractivity contribution >= 4 is 21.7 Å². The largest absolute Gasteiger partial charge is 0.361 e. The smallest absolute Gasteiger partial charge is 0.101 e. The molecule has 3 N–H and O–H groups in total. The molecule has 0 atom stereocenters. The van der Waals surface area contributed by atoms with Gasteiger partial charge in [0.15, 0.2) is 0 Å². The maximum Gasteiger partial charge on any atom is 0.101 e. The minimum absolute atomic E-state index is 1.03. The van der Waals surface area contributed by atoms with Crippen LogP contribution in [0.25, 0.3) is 21.7 Å². The van der Waals surface area contributed by atoms with E-state index in [2.05, 4.69) is 83.2 Å². The van der Waals surface area contributed by atoms with Crippen LogP contribution in [0.2, 0.25) is 0 Å². The zero-order valence-corrected chi connectivity index (χ0v) is 13.1. The van der Waals surface area contributed by atoms with Crippen LogP contribution in [0.3, 0.4) is 0 Å². The highest BCUT2D eigenvalue weighted by atomic mass is 14.8. The van der Waals surface area contributed by atoms with Crippen LogP contribution in [-0.4, -0.2) is 11.5 Å². The van der Waals surface area contributed by atoms with E-state index in [1.165, 1.54) is 32.8 Å². The minimum atomic E-state index is 1.03. The molecule has 0 saturated carbocycles. The van der Waals surface area contributed by atoms with Gasteiger partial charge in [-0.25, -0.2) is 0 Å². The van der Waals surface area contributed by atoms with E-state index in [4.69, 9.17) is 0 Å². The van der Waals surface area contributed by atoms with Crippen LogP contribution in [-0.2, 0) is 13.0 Å². The van der Waals surface area contributed by atoms with Gasteiger partial charge in [0.05, 0.1) is 6.54 Å². The third kappa shape index (κ3) is 2.99. The summed E-state index contributed by atoms with van der Waals surface area (Å²) in [6.07, 6.45) is 3.24. The molecule has 0 aliphatic heterocycles. The number of nitrogens with two attached hydrogens (primary N) is 1. The van der Waals surface area contributed by atoms with E-state index in [-0.39, 0.29) is 0 Å². The SMILES string of the molecule is c1ccc2cc(C[NH2+]CCc3c[nH]c4ccccc34)ccc2c1. The molecule has 0 aliphatic carbocycles. The van der Waals surface area contributed by atoms with Crippen molar-refractivity contribution in [2.24, 2.45) is 0 Å². The first-order chi connectivity index (χ1) is 11.4. The monoisotopic (exact) mass is 301 g/mol. The van der Waals surface area contributed by atoms with Crippen LogP contribution >= 0.6 is 0 Å². The number of aromatic nitrogens is 1. The normalized spacial score (nSPS) is 11.3. The number of aromatic amines is 1.